The molecule has 9 heteroatoms. The van der Waals surface area contributed by atoms with Crippen LogP contribution in [0.15, 0.2) is 72.8 Å². The summed E-state index contributed by atoms with van der Waals surface area (Å²) in [6, 6.07) is 16.4. The van der Waals surface area contributed by atoms with Gasteiger partial charge in [0.2, 0.25) is 0 Å². The number of halogens is 1. The second kappa shape index (κ2) is 7.83. The van der Waals surface area contributed by atoms with Crippen molar-refractivity contribution in [1.82, 2.24) is 0 Å². The van der Waals surface area contributed by atoms with Gasteiger partial charge in [-0.25, -0.2) is 4.39 Å². The minimum Gasteiger partial charge on any atom is -0.426 e. The summed E-state index contributed by atoms with van der Waals surface area (Å²) in [4.78, 5) is 51.3. The number of hydrogen-bond donors (Lipinski definition) is 0. The Balaban J connectivity index is 1.62. The molecule has 3 aromatic carbocycles. The first kappa shape index (κ1) is 22.4. The number of fused-ring (bicyclic) bond motifs is 3. The average molecular weight is 475 g/mol. The van der Waals surface area contributed by atoms with E-state index in [2.05, 4.69) is 0 Å². The Morgan fingerprint density at radius 2 is 1.71 bits per heavy atom. The summed E-state index contributed by atoms with van der Waals surface area (Å²) in [5.41, 5.74) is -3.02. The monoisotopic (exact) mass is 475 g/mol. The number of benzene rings is 3. The molecule has 1 aliphatic heterocycles. The Kier molecular flexibility index (Phi) is 5.01. The van der Waals surface area contributed by atoms with Crippen molar-refractivity contribution < 1.29 is 33.2 Å². The van der Waals surface area contributed by atoms with E-state index >= 15 is 0 Å². The van der Waals surface area contributed by atoms with Crippen molar-refractivity contribution in [3.05, 3.63) is 99.9 Å². The molecule has 3 aromatic rings. The van der Waals surface area contributed by atoms with Gasteiger partial charge in [-0.1, -0.05) is 25.1 Å². The van der Waals surface area contributed by atoms with Crippen molar-refractivity contribution in [2.24, 2.45) is 10.8 Å². The maximum absolute atomic E-state index is 13.9. The number of nitro groups is 1. The van der Waals surface area contributed by atoms with Gasteiger partial charge in [0.05, 0.1) is 10.3 Å². The van der Waals surface area contributed by atoms with E-state index in [4.69, 9.17) is 9.47 Å². The van der Waals surface area contributed by atoms with Gasteiger partial charge in [0.1, 0.15) is 17.3 Å². The molecule has 35 heavy (non-hydrogen) atoms. The minimum absolute atomic E-state index is 0.0217. The van der Waals surface area contributed by atoms with Crippen molar-refractivity contribution in [2.75, 3.05) is 0 Å². The molecule has 0 amide bonds. The van der Waals surface area contributed by atoms with E-state index in [1.807, 2.05) is 0 Å². The SMILES string of the molecule is CC[C@]1(C(=O)c2ccc(F)cc2)[C@@H]2c3ccccc3OC(=O)[C@@]21C(=O)Oc1ccc([N+](=O)[O-])cc1. The number of ketones is 1. The van der Waals surface area contributed by atoms with Gasteiger partial charge in [-0.15, -0.1) is 0 Å². The van der Waals surface area contributed by atoms with Gasteiger partial charge in [-0.2, -0.15) is 0 Å². The number of hydrogen-bond acceptors (Lipinski definition) is 7. The van der Waals surface area contributed by atoms with Gasteiger partial charge in [0.15, 0.2) is 11.2 Å². The zero-order valence-corrected chi connectivity index (χ0v) is 18.4. The summed E-state index contributed by atoms with van der Waals surface area (Å²) >= 11 is 0. The molecule has 1 aliphatic carbocycles. The maximum Gasteiger partial charge on any atom is 0.330 e. The van der Waals surface area contributed by atoms with Crippen LogP contribution in [0.3, 0.4) is 0 Å². The Morgan fingerprint density at radius 1 is 1.06 bits per heavy atom. The number of esters is 2. The smallest absolute Gasteiger partial charge is 0.330 e. The van der Waals surface area contributed by atoms with E-state index in [9.17, 15) is 28.9 Å². The minimum atomic E-state index is -1.97. The van der Waals surface area contributed by atoms with Gasteiger partial charge in [-0.05, 0) is 48.9 Å². The van der Waals surface area contributed by atoms with E-state index in [0.717, 1.165) is 24.3 Å². The Morgan fingerprint density at radius 3 is 2.34 bits per heavy atom. The van der Waals surface area contributed by atoms with Gasteiger partial charge >= 0.3 is 11.9 Å². The van der Waals surface area contributed by atoms with Crippen LogP contribution in [0, 0.1) is 26.8 Å². The fourth-order valence-electron chi connectivity index (χ4n) is 5.34. The molecule has 1 saturated carbocycles. The van der Waals surface area contributed by atoms with Crippen molar-refractivity contribution in [2.45, 2.75) is 19.3 Å². The molecule has 0 radical (unpaired) electrons. The number of para-hydroxylation sites is 1. The number of Topliss-reactive ketones (excluding diaryl/α,β-unsaturated/α-hetero) is 1. The highest BCUT2D eigenvalue weighted by atomic mass is 19.1. The molecule has 1 fully saturated rings. The highest BCUT2D eigenvalue weighted by molar-refractivity contribution is 6.20. The van der Waals surface area contributed by atoms with Crippen LogP contribution in [0.4, 0.5) is 10.1 Å². The van der Waals surface area contributed by atoms with Gasteiger partial charge in [0, 0.05) is 29.2 Å². The van der Waals surface area contributed by atoms with Crippen molar-refractivity contribution in [3.63, 3.8) is 0 Å². The summed E-state index contributed by atoms with van der Waals surface area (Å²) in [5.74, 6) is -3.56. The molecule has 3 atom stereocenters. The Labute approximate surface area is 198 Å². The highest BCUT2D eigenvalue weighted by Crippen LogP contribution is 2.80. The third-order valence-electron chi connectivity index (χ3n) is 6.95. The first-order valence-electron chi connectivity index (χ1n) is 10.9. The molecule has 0 spiro atoms. The van der Waals surface area contributed by atoms with Crippen molar-refractivity contribution in [3.8, 4) is 11.5 Å². The Hall–Kier alpha value is -4.40. The Bertz CT molecular complexity index is 1390. The summed E-state index contributed by atoms with van der Waals surface area (Å²) in [7, 11) is 0. The summed E-state index contributed by atoms with van der Waals surface area (Å²) in [5, 5.41) is 10.9. The second-order valence-corrected chi connectivity index (χ2v) is 8.47. The maximum atomic E-state index is 13.9. The van der Waals surface area contributed by atoms with Crippen LogP contribution in [0.25, 0.3) is 0 Å². The standard InChI is InChI=1S/C26H18FNO7/c1-2-25(22(29)15-7-9-16(27)10-8-15)21-19-5-3-4-6-20(19)35-24(31)26(21,25)23(30)34-18-13-11-17(12-14-18)28(32)33/h3-14,21H,2H2,1H3/t21-,25+,26-/m0/s1. The van der Waals surface area contributed by atoms with E-state index in [1.165, 1.54) is 24.3 Å². The number of nitrogens with zero attached hydrogens (tertiary/aromatic N) is 1. The molecule has 0 N–H and O–H groups in total. The summed E-state index contributed by atoms with van der Waals surface area (Å²) in [6.07, 6.45) is 0.104. The number of ether oxygens (including phenoxy) is 2. The lowest BCUT2D eigenvalue weighted by atomic mass is 9.83. The molecular formula is C26H18FNO7. The van der Waals surface area contributed by atoms with Crippen LogP contribution < -0.4 is 9.47 Å². The van der Waals surface area contributed by atoms with Crippen LogP contribution >= 0.6 is 0 Å². The van der Waals surface area contributed by atoms with Crippen molar-refractivity contribution >= 4 is 23.4 Å². The third kappa shape index (κ3) is 3.01. The number of carbonyl (C=O) groups excluding carboxylic acids is 3. The first-order valence-corrected chi connectivity index (χ1v) is 10.9. The molecular weight excluding hydrogens is 457 g/mol. The molecule has 176 valence electrons. The number of carbonyl (C=O) groups is 3. The highest BCUT2D eigenvalue weighted by Gasteiger charge is 2.90. The predicted molar refractivity (Wildman–Crippen MR) is 119 cm³/mol. The van der Waals surface area contributed by atoms with Crippen molar-refractivity contribution in [1.29, 1.82) is 0 Å². The molecule has 0 bridgehead atoms. The van der Waals surface area contributed by atoms with Crippen LogP contribution in [0.5, 0.6) is 11.5 Å². The van der Waals surface area contributed by atoms with Gasteiger partial charge < -0.3 is 9.47 Å². The van der Waals surface area contributed by atoms with E-state index in [0.29, 0.717) is 5.56 Å². The first-order chi connectivity index (χ1) is 16.8. The summed E-state index contributed by atoms with van der Waals surface area (Å²) < 4.78 is 24.5. The lowest BCUT2D eigenvalue weighted by molar-refractivity contribution is -0.384. The van der Waals surface area contributed by atoms with Crippen LogP contribution in [0.2, 0.25) is 0 Å². The largest absolute Gasteiger partial charge is 0.426 e. The second-order valence-electron chi connectivity index (χ2n) is 8.47. The number of rotatable bonds is 6. The number of non-ortho nitro benzene ring substituents is 1. The normalized spacial score (nSPS) is 23.9. The van der Waals surface area contributed by atoms with E-state index < -0.39 is 45.2 Å². The number of nitro benzene ring substituents is 1. The quantitative estimate of drug-likeness (QED) is 0.128. The average Bonchev–Trinajstić information content (AvgIpc) is 3.51. The molecule has 0 saturated heterocycles. The van der Waals surface area contributed by atoms with Crippen LogP contribution in [-0.2, 0) is 9.59 Å². The predicted octanol–water partition coefficient (Wildman–Crippen LogP) is 4.62. The zero-order chi connectivity index (χ0) is 25.0. The molecule has 2 aliphatic rings. The summed E-state index contributed by atoms with van der Waals surface area (Å²) in [6.45, 7) is 1.69. The third-order valence-corrected chi connectivity index (χ3v) is 6.95. The molecule has 1 heterocycles. The molecule has 0 aromatic heterocycles. The van der Waals surface area contributed by atoms with Gasteiger partial charge in [-0.3, -0.25) is 24.5 Å². The fourth-order valence-corrected chi connectivity index (χ4v) is 5.34. The van der Waals surface area contributed by atoms with Crippen LogP contribution in [0.1, 0.15) is 35.2 Å². The van der Waals surface area contributed by atoms with E-state index in [-0.39, 0.29) is 29.2 Å². The topological polar surface area (TPSA) is 113 Å². The fraction of sp³-hybridized carbons (Fsp3) is 0.192. The lowest BCUT2D eigenvalue weighted by Gasteiger charge is -2.23. The van der Waals surface area contributed by atoms with E-state index in [1.54, 1.807) is 31.2 Å². The lowest BCUT2D eigenvalue weighted by Crippen LogP contribution is -2.42. The van der Waals surface area contributed by atoms with Gasteiger partial charge in [0.25, 0.3) is 5.69 Å². The zero-order valence-electron chi connectivity index (χ0n) is 18.4. The molecule has 5 rings (SSSR count). The molecule has 0 unspecified atom stereocenters. The molecule has 8 nitrogen and oxygen atoms in total. The van der Waals surface area contributed by atoms with Crippen LogP contribution in [-0.4, -0.2) is 22.6 Å².